The zero-order valence-corrected chi connectivity index (χ0v) is 22.1. The lowest BCUT2D eigenvalue weighted by Gasteiger charge is -2.06. The van der Waals surface area contributed by atoms with E-state index >= 15 is 0 Å². The summed E-state index contributed by atoms with van der Waals surface area (Å²) in [6.07, 6.45) is 25.5. The van der Waals surface area contributed by atoms with Gasteiger partial charge >= 0.3 is 0 Å². The highest BCUT2D eigenvalue weighted by Gasteiger charge is 2.06. The van der Waals surface area contributed by atoms with Gasteiger partial charge in [-0.1, -0.05) is 115 Å². The monoisotopic (exact) mass is 471 g/mol. The molecule has 0 fully saturated rings. The van der Waals surface area contributed by atoms with E-state index in [0.29, 0.717) is 5.82 Å². The Morgan fingerprint density at radius 3 is 1.51 bits per heavy atom. The minimum absolute atomic E-state index is 0.691. The van der Waals surface area contributed by atoms with Gasteiger partial charge in [-0.25, -0.2) is 9.97 Å². The number of benzene rings is 1. The maximum absolute atomic E-state index is 4.63. The molecule has 0 aliphatic rings. The van der Waals surface area contributed by atoms with E-state index in [1.54, 1.807) is 0 Å². The summed E-state index contributed by atoms with van der Waals surface area (Å²) in [7, 11) is 0. The zero-order valence-electron chi connectivity index (χ0n) is 22.1. The first-order valence-electron chi connectivity index (χ1n) is 14.2. The van der Waals surface area contributed by atoms with Gasteiger partial charge in [0.15, 0.2) is 5.82 Å². The zero-order chi connectivity index (χ0) is 24.6. The van der Waals surface area contributed by atoms with Gasteiger partial charge in [0.2, 0.25) is 0 Å². The second kappa shape index (κ2) is 16.2. The molecule has 0 aliphatic carbocycles. The molecule has 2 heterocycles. The van der Waals surface area contributed by atoms with E-state index in [9.17, 15) is 0 Å². The van der Waals surface area contributed by atoms with Crippen LogP contribution in [0.2, 0.25) is 0 Å². The lowest BCUT2D eigenvalue weighted by molar-refractivity contribution is 0.589. The number of hydrogen-bond donors (Lipinski definition) is 0. The van der Waals surface area contributed by atoms with Gasteiger partial charge < -0.3 is 0 Å². The van der Waals surface area contributed by atoms with Gasteiger partial charge in [-0.15, -0.1) is 0 Å². The number of aromatic nitrogens is 3. The van der Waals surface area contributed by atoms with Crippen molar-refractivity contribution in [2.45, 2.75) is 110 Å². The molecular weight excluding hydrogens is 426 g/mol. The molecule has 0 spiro atoms. The van der Waals surface area contributed by atoms with Crippen LogP contribution in [0.15, 0.2) is 55.0 Å². The number of pyridine rings is 1. The summed E-state index contributed by atoms with van der Waals surface area (Å²) < 4.78 is 0. The second-order valence-corrected chi connectivity index (χ2v) is 9.93. The minimum Gasteiger partial charge on any atom is -0.253 e. The van der Waals surface area contributed by atoms with E-state index < -0.39 is 0 Å². The molecule has 0 saturated heterocycles. The van der Waals surface area contributed by atoms with Crippen molar-refractivity contribution in [1.29, 1.82) is 0 Å². The molecule has 3 aromatic rings. The molecule has 0 saturated carbocycles. The Morgan fingerprint density at radius 2 is 0.971 bits per heavy atom. The molecule has 3 rings (SSSR count). The highest BCUT2D eigenvalue weighted by molar-refractivity contribution is 5.63. The summed E-state index contributed by atoms with van der Waals surface area (Å²) in [4.78, 5) is 13.8. The van der Waals surface area contributed by atoms with Crippen LogP contribution in [0.3, 0.4) is 0 Å². The second-order valence-electron chi connectivity index (χ2n) is 9.93. The van der Waals surface area contributed by atoms with Gasteiger partial charge in [-0.05, 0) is 48.4 Å². The predicted octanol–water partition coefficient (Wildman–Crippen LogP) is 9.40. The van der Waals surface area contributed by atoms with Gasteiger partial charge in [0, 0.05) is 24.2 Å². The SMILES string of the molecule is CCCCCCCCCc1ccc(-c2ncc(-c3ccc(CCCCCCCC)cc3)cn2)nc1. The van der Waals surface area contributed by atoms with Crippen molar-refractivity contribution in [2.75, 3.05) is 0 Å². The topological polar surface area (TPSA) is 38.7 Å². The lowest BCUT2D eigenvalue weighted by atomic mass is 10.0. The average Bonchev–Trinajstić information content (AvgIpc) is 2.91. The van der Waals surface area contributed by atoms with Crippen molar-refractivity contribution in [1.82, 2.24) is 15.0 Å². The van der Waals surface area contributed by atoms with E-state index in [1.807, 2.05) is 18.6 Å². The lowest BCUT2D eigenvalue weighted by Crippen LogP contribution is -1.94. The van der Waals surface area contributed by atoms with Gasteiger partial charge in [-0.3, -0.25) is 4.98 Å². The molecule has 188 valence electrons. The highest BCUT2D eigenvalue weighted by atomic mass is 14.9. The van der Waals surface area contributed by atoms with Crippen molar-refractivity contribution in [2.24, 2.45) is 0 Å². The van der Waals surface area contributed by atoms with Crippen molar-refractivity contribution in [3.8, 4) is 22.6 Å². The third kappa shape index (κ3) is 9.92. The number of unbranched alkanes of at least 4 members (excludes halogenated alkanes) is 11. The fourth-order valence-electron chi connectivity index (χ4n) is 4.57. The van der Waals surface area contributed by atoms with Crippen LogP contribution < -0.4 is 0 Å². The van der Waals surface area contributed by atoms with Gasteiger partial charge in [0.05, 0.1) is 0 Å². The Labute approximate surface area is 213 Å². The standard InChI is InChI=1S/C32H45N3/c1-3-5-7-9-11-13-15-17-28-20-23-31(33-24-28)32-34-25-30(26-35-32)29-21-18-27(19-22-29)16-14-12-10-8-6-4-2/h18-26H,3-17H2,1-2H3. The summed E-state index contributed by atoms with van der Waals surface area (Å²) in [5.74, 6) is 0.691. The summed E-state index contributed by atoms with van der Waals surface area (Å²) in [5, 5.41) is 0. The quantitative estimate of drug-likeness (QED) is 0.184. The Bertz CT molecular complexity index is 930. The fraction of sp³-hybridized carbons (Fsp3) is 0.531. The smallest absolute Gasteiger partial charge is 0.178 e. The number of hydrogen-bond acceptors (Lipinski definition) is 3. The molecule has 0 unspecified atom stereocenters. The summed E-state index contributed by atoms with van der Waals surface area (Å²) >= 11 is 0. The number of rotatable bonds is 17. The summed E-state index contributed by atoms with van der Waals surface area (Å²) in [6, 6.07) is 13.1. The Hall–Kier alpha value is -2.55. The predicted molar refractivity (Wildman–Crippen MR) is 149 cm³/mol. The molecule has 0 N–H and O–H groups in total. The van der Waals surface area contributed by atoms with Crippen molar-refractivity contribution < 1.29 is 0 Å². The third-order valence-corrected chi connectivity index (χ3v) is 6.88. The van der Waals surface area contributed by atoms with Gasteiger partial charge in [-0.2, -0.15) is 0 Å². The molecule has 0 amide bonds. The Balaban J connectivity index is 1.43. The first kappa shape index (κ1) is 27.0. The van der Waals surface area contributed by atoms with Crippen molar-refractivity contribution in [3.63, 3.8) is 0 Å². The number of aryl methyl sites for hydroxylation is 2. The normalized spacial score (nSPS) is 11.1. The first-order valence-corrected chi connectivity index (χ1v) is 14.2. The molecule has 3 heteroatoms. The van der Waals surface area contributed by atoms with Crippen molar-refractivity contribution >= 4 is 0 Å². The van der Waals surface area contributed by atoms with Crippen LogP contribution >= 0.6 is 0 Å². The van der Waals surface area contributed by atoms with Crippen LogP contribution in [-0.2, 0) is 12.8 Å². The van der Waals surface area contributed by atoms with E-state index in [-0.39, 0.29) is 0 Å². The molecular formula is C32H45N3. The molecule has 0 atom stereocenters. The number of nitrogens with zero attached hydrogens (tertiary/aromatic N) is 3. The van der Waals surface area contributed by atoms with E-state index in [1.165, 1.54) is 107 Å². The van der Waals surface area contributed by atoms with Crippen molar-refractivity contribution in [3.05, 3.63) is 66.1 Å². The van der Waals surface area contributed by atoms with E-state index in [0.717, 1.165) is 17.7 Å². The maximum atomic E-state index is 4.63. The Kier molecular flexibility index (Phi) is 12.5. The van der Waals surface area contributed by atoms with Crippen LogP contribution in [0.25, 0.3) is 22.6 Å². The van der Waals surface area contributed by atoms with Gasteiger partial charge in [0.25, 0.3) is 0 Å². The summed E-state index contributed by atoms with van der Waals surface area (Å²) in [6.45, 7) is 4.54. The molecule has 1 aromatic carbocycles. The molecule has 0 aliphatic heterocycles. The van der Waals surface area contributed by atoms with Crippen LogP contribution in [0.1, 0.15) is 108 Å². The highest BCUT2D eigenvalue weighted by Crippen LogP contribution is 2.21. The van der Waals surface area contributed by atoms with E-state index in [2.05, 4.69) is 65.2 Å². The molecule has 35 heavy (non-hydrogen) atoms. The van der Waals surface area contributed by atoms with Crippen LogP contribution in [0.5, 0.6) is 0 Å². The van der Waals surface area contributed by atoms with Crippen LogP contribution in [0.4, 0.5) is 0 Å². The Morgan fingerprint density at radius 1 is 0.457 bits per heavy atom. The van der Waals surface area contributed by atoms with Crippen LogP contribution in [0, 0.1) is 0 Å². The molecule has 0 bridgehead atoms. The van der Waals surface area contributed by atoms with Crippen LogP contribution in [-0.4, -0.2) is 15.0 Å². The molecule has 3 nitrogen and oxygen atoms in total. The first-order chi connectivity index (χ1) is 17.3. The summed E-state index contributed by atoms with van der Waals surface area (Å²) in [5.41, 5.74) is 5.79. The fourth-order valence-corrected chi connectivity index (χ4v) is 4.57. The average molecular weight is 472 g/mol. The van der Waals surface area contributed by atoms with E-state index in [4.69, 9.17) is 0 Å². The molecule has 0 radical (unpaired) electrons. The third-order valence-electron chi connectivity index (χ3n) is 6.88. The van der Waals surface area contributed by atoms with Gasteiger partial charge in [0.1, 0.15) is 5.69 Å². The molecule has 2 aromatic heterocycles. The maximum Gasteiger partial charge on any atom is 0.178 e. The minimum atomic E-state index is 0.691. The largest absolute Gasteiger partial charge is 0.253 e.